The third kappa shape index (κ3) is 3.06. The molecular formula is C24H27N5S. The maximum atomic E-state index is 6.06. The molecule has 1 aromatic carbocycles. The fraction of sp³-hybridized carbons (Fsp3) is 0.333. The maximum Gasteiger partial charge on any atom is 0.128 e. The Morgan fingerprint density at radius 2 is 2.00 bits per heavy atom. The number of nitrogen functional groups attached to an aromatic ring is 1. The first-order valence-electron chi connectivity index (χ1n) is 10.5. The van der Waals surface area contributed by atoms with Gasteiger partial charge in [-0.15, -0.1) is 11.3 Å². The van der Waals surface area contributed by atoms with Crippen molar-refractivity contribution < 1.29 is 0 Å². The monoisotopic (exact) mass is 417 g/mol. The topological polar surface area (TPSA) is 57.8 Å². The molecule has 0 atom stereocenters. The van der Waals surface area contributed by atoms with Gasteiger partial charge in [0.1, 0.15) is 4.83 Å². The molecule has 1 aliphatic heterocycles. The summed E-state index contributed by atoms with van der Waals surface area (Å²) in [5, 5.41) is 1.10. The minimum absolute atomic E-state index is 0.512. The van der Waals surface area contributed by atoms with Crippen LogP contribution in [-0.4, -0.2) is 36.4 Å². The molecule has 0 bridgehead atoms. The number of hydrogen-bond donors (Lipinski definition) is 1. The molecule has 3 aromatic rings. The molecule has 0 spiro atoms. The summed E-state index contributed by atoms with van der Waals surface area (Å²) in [5.74, 6) is 0. The van der Waals surface area contributed by atoms with E-state index in [0.717, 1.165) is 49.0 Å². The molecule has 5 rings (SSSR count). The molecule has 0 saturated heterocycles. The standard InChI is InChI=1S/C24H27N5S/c1-15-23-21(27-14-29(15)18-10-5-4-6-11-18)20-22(28(2)3)19(13-26-24(20)30-23)16-8-7-9-17(25)12-16/h7-9,12-14,18H,1,4-6,10-11,25H2,2-3H3. The lowest BCUT2D eigenvalue weighted by atomic mass is 9.94. The largest absolute Gasteiger partial charge is 0.399 e. The van der Waals surface area contributed by atoms with E-state index >= 15 is 0 Å². The number of pyridine rings is 1. The molecule has 2 N–H and O–H groups in total. The van der Waals surface area contributed by atoms with Gasteiger partial charge in [0.25, 0.3) is 0 Å². The van der Waals surface area contributed by atoms with Gasteiger partial charge in [0.05, 0.1) is 33.7 Å². The van der Waals surface area contributed by atoms with E-state index in [-0.39, 0.29) is 0 Å². The van der Waals surface area contributed by atoms with Crippen molar-refractivity contribution in [3.8, 4) is 11.1 Å². The molecule has 154 valence electrons. The lowest BCUT2D eigenvalue weighted by molar-refractivity contribution is 0.316. The molecular weight excluding hydrogens is 390 g/mol. The van der Waals surface area contributed by atoms with E-state index < -0.39 is 0 Å². The Morgan fingerprint density at radius 1 is 1.20 bits per heavy atom. The summed E-state index contributed by atoms with van der Waals surface area (Å²) >= 11 is 1.70. The van der Waals surface area contributed by atoms with E-state index in [1.54, 1.807) is 11.3 Å². The van der Waals surface area contributed by atoms with Gasteiger partial charge in [0.2, 0.25) is 0 Å². The van der Waals surface area contributed by atoms with Crippen molar-refractivity contribution in [2.75, 3.05) is 24.7 Å². The molecule has 30 heavy (non-hydrogen) atoms. The minimum Gasteiger partial charge on any atom is -0.399 e. The van der Waals surface area contributed by atoms with E-state index in [1.165, 1.54) is 32.1 Å². The molecule has 1 aliphatic carbocycles. The number of nitrogens with zero attached hydrogens (tertiary/aromatic N) is 4. The van der Waals surface area contributed by atoms with Crippen molar-refractivity contribution in [1.29, 1.82) is 0 Å². The van der Waals surface area contributed by atoms with Gasteiger partial charge in [0, 0.05) is 37.6 Å². The third-order valence-electron chi connectivity index (χ3n) is 6.17. The number of anilines is 2. The summed E-state index contributed by atoms with van der Waals surface area (Å²) in [5.41, 5.74) is 12.1. The van der Waals surface area contributed by atoms with Crippen molar-refractivity contribution in [3.05, 3.63) is 41.9 Å². The Hall–Kier alpha value is -2.86. The second kappa shape index (κ2) is 7.43. The molecule has 0 amide bonds. The number of nitrogens with two attached hydrogens (primary N) is 1. The fourth-order valence-corrected chi connectivity index (χ4v) is 5.78. The number of hydrogen-bond acceptors (Lipinski definition) is 6. The predicted octanol–water partition coefficient (Wildman–Crippen LogP) is 5.89. The molecule has 2 aliphatic rings. The first-order chi connectivity index (χ1) is 14.5. The van der Waals surface area contributed by atoms with Gasteiger partial charge in [-0.2, -0.15) is 0 Å². The smallest absolute Gasteiger partial charge is 0.128 e. The number of aromatic nitrogens is 1. The first kappa shape index (κ1) is 19.1. The summed E-state index contributed by atoms with van der Waals surface area (Å²) < 4.78 is 0. The summed E-state index contributed by atoms with van der Waals surface area (Å²) in [7, 11) is 4.15. The normalized spacial score (nSPS) is 16.9. The lowest BCUT2D eigenvalue weighted by Gasteiger charge is -2.35. The van der Waals surface area contributed by atoms with Crippen molar-refractivity contribution >= 4 is 50.7 Å². The Morgan fingerprint density at radius 3 is 2.73 bits per heavy atom. The van der Waals surface area contributed by atoms with E-state index in [1.807, 2.05) is 30.7 Å². The third-order valence-corrected chi connectivity index (χ3v) is 7.30. The van der Waals surface area contributed by atoms with Gasteiger partial charge >= 0.3 is 0 Å². The summed E-state index contributed by atoms with van der Waals surface area (Å²) in [6.07, 6.45) is 10.3. The van der Waals surface area contributed by atoms with Crippen molar-refractivity contribution in [1.82, 2.24) is 9.88 Å². The van der Waals surface area contributed by atoms with E-state index in [9.17, 15) is 0 Å². The lowest BCUT2D eigenvalue weighted by Crippen LogP contribution is -2.35. The van der Waals surface area contributed by atoms with Crippen LogP contribution in [0.15, 0.2) is 42.0 Å². The highest BCUT2D eigenvalue weighted by Crippen LogP contribution is 2.50. The van der Waals surface area contributed by atoms with Gasteiger partial charge in [-0.1, -0.05) is 38.0 Å². The molecule has 1 saturated carbocycles. The van der Waals surface area contributed by atoms with Crippen LogP contribution in [0, 0.1) is 0 Å². The number of aliphatic imine (C=N–C) groups is 1. The average Bonchev–Trinajstić information content (AvgIpc) is 3.13. The fourth-order valence-electron chi connectivity index (χ4n) is 4.72. The highest BCUT2D eigenvalue weighted by Gasteiger charge is 2.30. The van der Waals surface area contributed by atoms with E-state index in [4.69, 9.17) is 15.7 Å². The van der Waals surface area contributed by atoms with Crippen LogP contribution < -0.4 is 10.6 Å². The van der Waals surface area contributed by atoms with Gasteiger partial charge in [0.15, 0.2) is 0 Å². The van der Waals surface area contributed by atoms with Crippen molar-refractivity contribution in [2.24, 2.45) is 4.99 Å². The highest BCUT2D eigenvalue weighted by atomic mass is 32.1. The van der Waals surface area contributed by atoms with Gasteiger partial charge in [-0.25, -0.2) is 9.98 Å². The second-order valence-corrected chi connectivity index (χ2v) is 9.39. The zero-order chi connectivity index (χ0) is 20.8. The molecule has 2 aromatic heterocycles. The van der Waals surface area contributed by atoms with Crippen LogP contribution in [0.25, 0.3) is 27.0 Å². The summed E-state index contributed by atoms with van der Waals surface area (Å²) in [4.78, 5) is 16.4. The van der Waals surface area contributed by atoms with Crippen LogP contribution >= 0.6 is 11.3 Å². The molecule has 0 unspecified atom stereocenters. The Kier molecular flexibility index (Phi) is 4.74. The van der Waals surface area contributed by atoms with Crippen molar-refractivity contribution in [2.45, 2.75) is 38.1 Å². The zero-order valence-corrected chi connectivity index (χ0v) is 18.4. The second-order valence-electron chi connectivity index (χ2n) is 8.39. The molecule has 6 heteroatoms. The van der Waals surface area contributed by atoms with Crippen LogP contribution in [0.4, 0.5) is 17.1 Å². The van der Waals surface area contributed by atoms with Crippen molar-refractivity contribution in [3.63, 3.8) is 0 Å². The molecule has 3 heterocycles. The van der Waals surface area contributed by atoms with Gasteiger partial charge in [-0.3, -0.25) is 0 Å². The Bertz CT molecular complexity index is 1150. The minimum atomic E-state index is 0.512. The van der Waals surface area contributed by atoms with Gasteiger partial charge < -0.3 is 15.5 Å². The summed E-state index contributed by atoms with van der Waals surface area (Å²) in [6.45, 7) is 4.46. The number of benzene rings is 1. The molecule has 1 fully saturated rings. The van der Waals surface area contributed by atoms with Crippen LogP contribution in [-0.2, 0) is 0 Å². The Labute approximate surface area is 181 Å². The highest BCUT2D eigenvalue weighted by molar-refractivity contribution is 7.20. The zero-order valence-electron chi connectivity index (χ0n) is 17.6. The SMILES string of the molecule is C=C1c2sc3ncc(-c4cccc(N)c4)c(N(C)C)c3c2N=CN1C1CCCCC1. The average molecular weight is 418 g/mol. The van der Waals surface area contributed by atoms with Crippen LogP contribution in [0.5, 0.6) is 0 Å². The predicted molar refractivity (Wildman–Crippen MR) is 130 cm³/mol. The number of thiophene rings is 1. The van der Waals surface area contributed by atoms with Crippen LogP contribution in [0.3, 0.4) is 0 Å². The van der Waals surface area contributed by atoms with E-state index in [0.29, 0.717) is 6.04 Å². The first-order valence-corrected chi connectivity index (χ1v) is 11.4. The number of fused-ring (bicyclic) bond motifs is 3. The Balaban J connectivity index is 1.67. The van der Waals surface area contributed by atoms with Gasteiger partial charge in [-0.05, 0) is 30.5 Å². The number of rotatable bonds is 3. The maximum absolute atomic E-state index is 6.06. The van der Waals surface area contributed by atoms with E-state index in [2.05, 4.69) is 36.5 Å². The van der Waals surface area contributed by atoms with Crippen LogP contribution in [0.1, 0.15) is 37.0 Å². The quantitative estimate of drug-likeness (QED) is 0.540. The van der Waals surface area contributed by atoms with Crippen LogP contribution in [0.2, 0.25) is 0 Å². The molecule has 5 nitrogen and oxygen atoms in total. The summed E-state index contributed by atoms with van der Waals surface area (Å²) in [6, 6.07) is 8.49. The molecule has 0 radical (unpaired) electrons.